The third-order valence-electron chi connectivity index (χ3n) is 4.63. The van der Waals surface area contributed by atoms with Gasteiger partial charge in [-0.2, -0.15) is 0 Å². The lowest BCUT2D eigenvalue weighted by Gasteiger charge is -2.37. The van der Waals surface area contributed by atoms with E-state index in [1.807, 2.05) is 55.7 Å². The van der Waals surface area contributed by atoms with Crippen molar-refractivity contribution in [2.75, 3.05) is 51.3 Å². The Kier molecular flexibility index (Phi) is 7.33. The highest BCUT2D eigenvalue weighted by Crippen LogP contribution is 2.12. The van der Waals surface area contributed by atoms with E-state index in [1.165, 1.54) is 0 Å². The van der Waals surface area contributed by atoms with E-state index in [0.29, 0.717) is 0 Å². The number of nitrogens with one attached hydrogen (secondary N) is 1. The molecule has 1 aromatic heterocycles. The molecule has 3 rings (SSSR count). The molecule has 27 heavy (non-hydrogen) atoms. The Balaban J connectivity index is 1.32. The molecule has 1 saturated heterocycles. The number of nitrogens with zero attached hydrogens (tertiary/aromatic N) is 4. The minimum atomic E-state index is 0.743. The van der Waals surface area contributed by atoms with Crippen LogP contribution >= 0.6 is 0 Å². The summed E-state index contributed by atoms with van der Waals surface area (Å²) in [5.74, 6) is 2.98. The van der Waals surface area contributed by atoms with Crippen LogP contribution in [-0.2, 0) is 0 Å². The van der Waals surface area contributed by atoms with E-state index >= 15 is 0 Å². The molecule has 2 heterocycles. The smallest absolute Gasteiger partial charge is 0.193 e. The second-order valence-corrected chi connectivity index (χ2v) is 6.50. The Morgan fingerprint density at radius 3 is 2.52 bits per heavy atom. The molecule has 6 heteroatoms. The lowest BCUT2D eigenvalue weighted by atomic mass is 10.3. The SMILES string of the molecule is CN=C(NCCCCOc1ccccc1)N1CCN(c2ccccn2)CC1. The number of aliphatic imine (C=N–C) groups is 1. The standard InChI is InChI=1S/C21H29N5O/c1-22-21(24-13-7-8-18-27-19-9-3-2-4-10-19)26-16-14-25(15-17-26)20-11-5-6-12-23-20/h2-6,9-12H,7-8,13-18H2,1H3,(H,22,24). The third kappa shape index (κ3) is 5.88. The Labute approximate surface area is 161 Å². The van der Waals surface area contributed by atoms with Crippen molar-refractivity contribution in [2.45, 2.75) is 12.8 Å². The molecule has 144 valence electrons. The van der Waals surface area contributed by atoms with E-state index in [-0.39, 0.29) is 0 Å². The number of pyridine rings is 1. The van der Waals surface area contributed by atoms with Crippen LogP contribution in [-0.4, -0.2) is 62.2 Å². The van der Waals surface area contributed by atoms with Crippen LogP contribution in [0.1, 0.15) is 12.8 Å². The molecular formula is C21H29N5O. The highest BCUT2D eigenvalue weighted by molar-refractivity contribution is 5.80. The average molecular weight is 367 g/mol. The van der Waals surface area contributed by atoms with Gasteiger partial charge >= 0.3 is 0 Å². The molecular weight excluding hydrogens is 338 g/mol. The number of ether oxygens (including phenoxy) is 1. The van der Waals surface area contributed by atoms with Crippen molar-refractivity contribution in [3.63, 3.8) is 0 Å². The zero-order valence-corrected chi connectivity index (χ0v) is 16.1. The number of guanidine groups is 1. The van der Waals surface area contributed by atoms with E-state index in [9.17, 15) is 0 Å². The minimum absolute atomic E-state index is 0.743. The second-order valence-electron chi connectivity index (χ2n) is 6.50. The molecule has 1 fully saturated rings. The number of unbranched alkanes of at least 4 members (excludes halogenated alkanes) is 1. The molecule has 0 atom stereocenters. The molecule has 6 nitrogen and oxygen atoms in total. The number of para-hydroxylation sites is 1. The molecule has 0 radical (unpaired) electrons. The Hall–Kier alpha value is -2.76. The van der Waals surface area contributed by atoms with Crippen molar-refractivity contribution in [2.24, 2.45) is 4.99 Å². The fourth-order valence-corrected chi connectivity index (χ4v) is 3.15. The van der Waals surface area contributed by atoms with Gasteiger partial charge in [0, 0.05) is 46.0 Å². The van der Waals surface area contributed by atoms with Crippen molar-refractivity contribution in [1.82, 2.24) is 15.2 Å². The summed E-state index contributed by atoms with van der Waals surface area (Å²) in [5.41, 5.74) is 0. The van der Waals surface area contributed by atoms with Gasteiger partial charge in [-0.1, -0.05) is 24.3 Å². The molecule has 0 unspecified atom stereocenters. The Morgan fingerprint density at radius 2 is 1.81 bits per heavy atom. The number of piperazine rings is 1. The van der Waals surface area contributed by atoms with Crippen LogP contribution in [0.15, 0.2) is 59.7 Å². The van der Waals surface area contributed by atoms with Crippen molar-refractivity contribution in [1.29, 1.82) is 0 Å². The van der Waals surface area contributed by atoms with E-state index < -0.39 is 0 Å². The summed E-state index contributed by atoms with van der Waals surface area (Å²) in [7, 11) is 1.85. The van der Waals surface area contributed by atoms with Gasteiger partial charge in [0.15, 0.2) is 5.96 Å². The zero-order valence-electron chi connectivity index (χ0n) is 16.1. The first kappa shape index (κ1) is 19.0. The summed E-state index contributed by atoms with van der Waals surface area (Å²) >= 11 is 0. The predicted molar refractivity (Wildman–Crippen MR) is 111 cm³/mol. The van der Waals surface area contributed by atoms with E-state index in [4.69, 9.17) is 4.74 Å². The summed E-state index contributed by atoms with van der Waals surface area (Å²) in [6, 6.07) is 16.0. The Bertz CT molecular complexity index is 684. The van der Waals surface area contributed by atoms with Gasteiger partial charge in [-0.05, 0) is 37.1 Å². The molecule has 1 aliphatic rings. The summed E-state index contributed by atoms with van der Waals surface area (Å²) < 4.78 is 5.73. The number of anilines is 1. The van der Waals surface area contributed by atoms with Crippen LogP contribution in [0.3, 0.4) is 0 Å². The number of hydrogen-bond donors (Lipinski definition) is 1. The first-order valence-electron chi connectivity index (χ1n) is 9.66. The normalized spacial score (nSPS) is 14.9. The van der Waals surface area contributed by atoms with Gasteiger partial charge in [-0.3, -0.25) is 4.99 Å². The van der Waals surface area contributed by atoms with E-state index in [1.54, 1.807) is 0 Å². The van der Waals surface area contributed by atoms with Gasteiger partial charge in [0.2, 0.25) is 0 Å². The fraction of sp³-hybridized carbons (Fsp3) is 0.429. The lowest BCUT2D eigenvalue weighted by molar-refractivity contribution is 0.306. The van der Waals surface area contributed by atoms with Crippen LogP contribution in [0, 0.1) is 0 Å². The number of hydrogen-bond acceptors (Lipinski definition) is 4. The molecule has 1 aliphatic heterocycles. The molecule has 1 aromatic carbocycles. The predicted octanol–water partition coefficient (Wildman–Crippen LogP) is 2.64. The molecule has 0 bridgehead atoms. The molecule has 1 N–H and O–H groups in total. The van der Waals surface area contributed by atoms with Crippen LogP contribution < -0.4 is 15.0 Å². The number of benzene rings is 1. The van der Waals surface area contributed by atoms with E-state index in [2.05, 4.69) is 31.2 Å². The van der Waals surface area contributed by atoms with Crippen LogP contribution in [0.5, 0.6) is 5.75 Å². The quantitative estimate of drug-likeness (QED) is 0.463. The van der Waals surface area contributed by atoms with Gasteiger partial charge in [-0.25, -0.2) is 4.98 Å². The maximum Gasteiger partial charge on any atom is 0.193 e. The van der Waals surface area contributed by atoms with Crippen molar-refractivity contribution >= 4 is 11.8 Å². The van der Waals surface area contributed by atoms with Gasteiger partial charge < -0.3 is 19.9 Å². The monoisotopic (exact) mass is 367 g/mol. The molecule has 0 aliphatic carbocycles. The Morgan fingerprint density at radius 1 is 1.04 bits per heavy atom. The molecule has 2 aromatic rings. The van der Waals surface area contributed by atoms with Gasteiger partial charge in [0.1, 0.15) is 11.6 Å². The molecule has 0 spiro atoms. The first-order valence-corrected chi connectivity index (χ1v) is 9.66. The summed E-state index contributed by atoms with van der Waals surface area (Å²) in [6.07, 6.45) is 3.93. The largest absolute Gasteiger partial charge is 0.494 e. The van der Waals surface area contributed by atoms with Crippen LogP contribution in [0.25, 0.3) is 0 Å². The maximum atomic E-state index is 5.73. The number of rotatable bonds is 7. The maximum absolute atomic E-state index is 5.73. The third-order valence-corrected chi connectivity index (χ3v) is 4.63. The lowest BCUT2D eigenvalue weighted by Crippen LogP contribution is -2.52. The second kappa shape index (κ2) is 10.4. The highest BCUT2D eigenvalue weighted by Gasteiger charge is 2.20. The van der Waals surface area contributed by atoms with Crippen LogP contribution in [0.4, 0.5) is 5.82 Å². The number of aromatic nitrogens is 1. The minimum Gasteiger partial charge on any atom is -0.494 e. The van der Waals surface area contributed by atoms with Crippen molar-refractivity contribution < 1.29 is 4.74 Å². The first-order chi connectivity index (χ1) is 13.4. The topological polar surface area (TPSA) is 53.0 Å². The fourth-order valence-electron chi connectivity index (χ4n) is 3.15. The summed E-state index contributed by atoms with van der Waals surface area (Å²) in [4.78, 5) is 13.5. The van der Waals surface area contributed by atoms with Crippen molar-refractivity contribution in [3.05, 3.63) is 54.7 Å². The van der Waals surface area contributed by atoms with Gasteiger partial charge in [0.25, 0.3) is 0 Å². The highest BCUT2D eigenvalue weighted by atomic mass is 16.5. The van der Waals surface area contributed by atoms with Crippen LogP contribution in [0.2, 0.25) is 0 Å². The summed E-state index contributed by atoms with van der Waals surface area (Å²) in [6.45, 7) is 5.48. The van der Waals surface area contributed by atoms with E-state index in [0.717, 1.165) is 69.7 Å². The van der Waals surface area contributed by atoms with Gasteiger partial charge in [-0.15, -0.1) is 0 Å². The molecule has 0 amide bonds. The average Bonchev–Trinajstić information content (AvgIpc) is 2.75. The molecule has 0 saturated carbocycles. The zero-order chi connectivity index (χ0) is 18.7. The summed E-state index contributed by atoms with van der Waals surface area (Å²) in [5, 5.41) is 3.48. The van der Waals surface area contributed by atoms with Gasteiger partial charge in [0.05, 0.1) is 6.61 Å². The van der Waals surface area contributed by atoms with Crippen molar-refractivity contribution in [3.8, 4) is 5.75 Å².